The molecule has 2 aromatic rings. The Kier molecular flexibility index (Phi) is 3.40. The van der Waals surface area contributed by atoms with E-state index >= 15 is 0 Å². The molecule has 2 nitrogen and oxygen atoms in total. The second kappa shape index (κ2) is 4.98. The van der Waals surface area contributed by atoms with E-state index in [1.54, 1.807) is 30.3 Å². The van der Waals surface area contributed by atoms with E-state index in [1.165, 1.54) is 12.1 Å². The van der Waals surface area contributed by atoms with E-state index in [4.69, 9.17) is 10.00 Å². The maximum absolute atomic E-state index is 13.1. The van der Waals surface area contributed by atoms with Crippen LogP contribution in [0.15, 0.2) is 46.9 Å². The van der Waals surface area contributed by atoms with Gasteiger partial charge in [-0.25, -0.2) is 4.39 Å². The number of hydrogen-bond acceptors (Lipinski definition) is 2. The van der Waals surface area contributed by atoms with Crippen molar-refractivity contribution in [3.63, 3.8) is 0 Å². The molecule has 0 saturated heterocycles. The molecule has 17 heavy (non-hydrogen) atoms. The summed E-state index contributed by atoms with van der Waals surface area (Å²) in [7, 11) is 0. The van der Waals surface area contributed by atoms with Gasteiger partial charge in [0.15, 0.2) is 0 Å². The molecule has 2 rings (SSSR count). The van der Waals surface area contributed by atoms with Crippen molar-refractivity contribution in [1.29, 1.82) is 5.26 Å². The first-order valence-corrected chi connectivity index (χ1v) is 5.61. The summed E-state index contributed by atoms with van der Waals surface area (Å²) in [6.07, 6.45) is 0. The molecule has 2 aromatic carbocycles. The summed E-state index contributed by atoms with van der Waals surface area (Å²) in [6.45, 7) is 0. The Morgan fingerprint density at radius 3 is 2.35 bits per heavy atom. The molecule has 0 spiro atoms. The lowest BCUT2D eigenvalue weighted by Gasteiger charge is -2.06. The number of nitrogens with zero attached hydrogens (tertiary/aromatic N) is 1. The fourth-order valence-corrected chi connectivity index (χ4v) is 1.77. The zero-order valence-electron chi connectivity index (χ0n) is 8.65. The maximum atomic E-state index is 13.1. The molecule has 84 valence electrons. The second-order valence-corrected chi connectivity index (χ2v) is 4.26. The lowest BCUT2D eigenvalue weighted by molar-refractivity contribution is 0.476. The van der Waals surface area contributed by atoms with Crippen LogP contribution in [0.1, 0.15) is 5.56 Å². The number of ether oxygens (including phenoxy) is 1. The maximum Gasteiger partial charge on any atom is 0.131 e. The highest BCUT2D eigenvalue weighted by molar-refractivity contribution is 9.10. The van der Waals surface area contributed by atoms with Crippen molar-refractivity contribution in [2.24, 2.45) is 0 Å². The first kappa shape index (κ1) is 11.6. The summed E-state index contributed by atoms with van der Waals surface area (Å²) >= 11 is 3.19. The van der Waals surface area contributed by atoms with E-state index < -0.39 is 0 Å². The van der Waals surface area contributed by atoms with Crippen molar-refractivity contribution < 1.29 is 9.13 Å². The molecule has 0 bridgehead atoms. The van der Waals surface area contributed by atoms with Crippen LogP contribution in [0.3, 0.4) is 0 Å². The van der Waals surface area contributed by atoms with Gasteiger partial charge in [0.1, 0.15) is 17.3 Å². The van der Waals surface area contributed by atoms with Crippen LogP contribution in [-0.2, 0) is 0 Å². The van der Waals surface area contributed by atoms with E-state index in [9.17, 15) is 4.39 Å². The van der Waals surface area contributed by atoms with Crippen LogP contribution in [0, 0.1) is 17.1 Å². The van der Waals surface area contributed by atoms with Crippen LogP contribution < -0.4 is 4.74 Å². The molecule has 0 radical (unpaired) electrons. The first-order valence-electron chi connectivity index (χ1n) is 4.81. The average Bonchev–Trinajstić information content (AvgIpc) is 2.28. The second-order valence-electron chi connectivity index (χ2n) is 3.34. The molecule has 0 aliphatic carbocycles. The minimum atomic E-state index is -0.372. The van der Waals surface area contributed by atoms with Gasteiger partial charge in [0.25, 0.3) is 0 Å². The summed E-state index contributed by atoms with van der Waals surface area (Å²) < 4.78 is 19.2. The Labute approximate surface area is 106 Å². The fourth-order valence-electron chi connectivity index (χ4n) is 1.32. The van der Waals surface area contributed by atoms with Crippen molar-refractivity contribution >= 4 is 15.9 Å². The van der Waals surface area contributed by atoms with Crippen molar-refractivity contribution in [1.82, 2.24) is 0 Å². The van der Waals surface area contributed by atoms with Crippen LogP contribution in [-0.4, -0.2) is 0 Å². The van der Waals surface area contributed by atoms with Crippen molar-refractivity contribution in [3.8, 4) is 17.6 Å². The molecule has 0 saturated carbocycles. The van der Waals surface area contributed by atoms with Gasteiger partial charge in [0.2, 0.25) is 0 Å². The normalized spacial score (nSPS) is 9.71. The van der Waals surface area contributed by atoms with Crippen LogP contribution >= 0.6 is 15.9 Å². The number of rotatable bonds is 2. The van der Waals surface area contributed by atoms with Crippen molar-refractivity contribution in [2.75, 3.05) is 0 Å². The van der Waals surface area contributed by atoms with E-state index in [0.717, 1.165) is 0 Å². The van der Waals surface area contributed by atoms with Crippen LogP contribution in [0.5, 0.6) is 11.5 Å². The molecule has 0 N–H and O–H groups in total. The zero-order chi connectivity index (χ0) is 12.3. The third kappa shape index (κ3) is 3.05. The summed E-state index contributed by atoms with van der Waals surface area (Å²) in [4.78, 5) is 0. The van der Waals surface area contributed by atoms with Gasteiger partial charge in [-0.15, -0.1) is 0 Å². The summed E-state index contributed by atoms with van der Waals surface area (Å²) in [5, 5.41) is 8.64. The Bertz CT molecular complexity index is 555. The van der Waals surface area contributed by atoms with Gasteiger partial charge < -0.3 is 4.74 Å². The van der Waals surface area contributed by atoms with Gasteiger partial charge in [0.05, 0.1) is 11.6 Å². The Morgan fingerprint density at radius 1 is 1.06 bits per heavy atom. The molecule has 0 atom stereocenters. The molecular formula is C13H7BrFNO. The number of hydrogen-bond donors (Lipinski definition) is 0. The summed E-state index contributed by atoms with van der Waals surface area (Å²) in [5.41, 5.74) is 0.553. The third-order valence-corrected chi connectivity index (χ3v) is 2.51. The van der Waals surface area contributed by atoms with E-state index in [2.05, 4.69) is 15.9 Å². The highest BCUT2D eigenvalue weighted by Gasteiger charge is 2.01. The quantitative estimate of drug-likeness (QED) is 0.828. The minimum Gasteiger partial charge on any atom is -0.457 e. The van der Waals surface area contributed by atoms with Gasteiger partial charge >= 0.3 is 0 Å². The van der Waals surface area contributed by atoms with Crippen LogP contribution in [0.4, 0.5) is 4.39 Å². The first-order chi connectivity index (χ1) is 8.17. The molecule has 4 heteroatoms. The molecule has 0 heterocycles. The van der Waals surface area contributed by atoms with Crippen molar-refractivity contribution in [3.05, 3.63) is 58.3 Å². The van der Waals surface area contributed by atoms with Gasteiger partial charge in [-0.3, -0.25) is 0 Å². The standard InChI is InChI=1S/C13H7BrFNO/c14-10-5-11(15)7-13(6-10)17-12-3-1-9(8-16)2-4-12/h1-7H. The largest absolute Gasteiger partial charge is 0.457 e. The highest BCUT2D eigenvalue weighted by Crippen LogP contribution is 2.25. The Hall–Kier alpha value is -1.86. The minimum absolute atomic E-state index is 0.372. The number of nitriles is 1. The third-order valence-electron chi connectivity index (χ3n) is 2.06. The van der Waals surface area contributed by atoms with E-state index in [-0.39, 0.29) is 5.82 Å². The Balaban J connectivity index is 2.22. The average molecular weight is 292 g/mol. The smallest absolute Gasteiger partial charge is 0.131 e. The van der Waals surface area contributed by atoms with E-state index in [1.807, 2.05) is 6.07 Å². The topological polar surface area (TPSA) is 33.0 Å². The van der Waals surface area contributed by atoms with Crippen LogP contribution in [0.2, 0.25) is 0 Å². The molecule has 0 aromatic heterocycles. The van der Waals surface area contributed by atoms with Gasteiger partial charge in [-0.05, 0) is 36.4 Å². The molecule has 0 aliphatic rings. The molecule has 0 aliphatic heterocycles. The van der Waals surface area contributed by atoms with Gasteiger partial charge in [-0.2, -0.15) is 5.26 Å². The lowest BCUT2D eigenvalue weighted by Crippen LogP contribution is -1.86. The van der Waals surface area contributed by atoms with Crippen molar-refractivity contribution in [2.45, 2.75) is 0 Å². The van der Waals surface area contributed by atoms with E-state index in [0.29, 0.717) is 21.5 Å². The number of halogens is 2. The highest BCUT2D eigenvalue weighted by atomic mass is 79.9. The van der Waals surface area contributed by atoms with Gasteiger partial charge in [0, 0.05) is 10.5 Å². The Morgan fingerprint density at radius 2 is 1.76 bits per heavy atom. The molecule has 0 amide bonds. The van der Waals surface area contributed by atoms with Crippen LogP contribution in [0.25, 0.3) is 0 Å². The fraction of sp³-hybridized carbons (Fsp3) is 0. The molecule has 0 fully saturated rings. The number of benzene rings is 2. The lowest BCUT2D eigenvalue weighted by atomic mass is 10.2. The molecule has 0 unspecified atom stereocenters. The molecular weight excluding hydrogens is 285 g/mol. The predicted molar refractivity (Wildman–Crippen MR) is 65.3 cm³/mol. The predicted octanol–water partition coefficient (Wildman–Crippen LogP) is 4.25. The monoisotopic (exact) mass is 291 g/mol. The summed E-state index contributed by atoms with van der Waals surface area (Å²) in [5.74, 6) is 0.589. The zero-order valence-corrected chi connectivity index (χ0v) is 10.2. The van der Waals surface area contributed by atoms with Gasteiger partial charge in [-0.1, -0.05) is 15.9 Å². The summed E-state index contributed by atoms with van der Waals surface area (Å²) in [6, 6.07) is 12.9. The SMILES string of the molecule is N#Cc1ccc(Oc2cc(F)cc(Br)c2)cc1.